The molecule has 7 nitrogen and oxygen atoms in total. The van der Waals surface area contributed by atoms with Crippen LogP contribution in [-0.2, 0) is 9.59 Å². The first-order chi connectivity index (χ1) is 11.3. The Morgan fingerprint density at radius 3 is 2.96 bits per heavy atom. The van der Waals surface area contributed by atoms with E-state index in [-0.39, 0.29) is 23.6 Å². The number of amidine groups is 1. The van der Waals surface area contributed by atoms with Gasteiger partial charge in [-0.1, -0.05) is 23.4 Å². The zero-order valence-corrected chi connectivity index (χ0v) is 14.6. The molecule has 24 heavy (non-hydrogen) atoms. The van der Waals surface area contributed by atoms with Crippen molar-refractivity contribution in [3.63, 3.8) is 0 Å². The van der Waals surface area contributed by atoms with E-state index in [0.717, 1.165) is 11.8 Å². The first-order valence-electron chi connectivity index (χ1n) is 7.11. The lowest BCUT2D eigenvalue weighted by atomic mass is 10.2. The Balaban J connectivity index is 2.10. The van der Waals surface area contributed by atoms with Crippen LogP contribution in [0, 0.1) is 0 Å². The smallest absolute Gasteiger partial charge is 0.305 e. The molecule has 0 bridgehead atoms. The van der Waals surface area contributed by atoms with Crippen molar-refractivity contribution in [3.8, 4) is 5.75 Å². The van der Waals surface area contributed by atoms with Gasteiger partial charge in [-0.3, -0.25) is 9.59 Å². The van der Waals surface area contributed by atoms with Crippen LogP contribution in [0.15, 0.2) is 28.4 Å². The van der Waals surface area contributed by atoms with Gasteiger partial charge in [0.05, 0.1) is 18.7 Å². The van der Waals surface area contributed by atoms with Gasteiger partial charge in [0.1, 0.15) is 11.0 Å². The lowest BCUT2D eigenvalue weighted by Gasteiger charge is -2.12. The molecule has 1 fully saturated rings. The molecule has 1 aliphatic heterocycles. The second kappa shape index (κ2) is 8.16. The summed E-state index contributed by atoms with van der Waals surface area (Å²) < 4.78 is 5.66. The van der Waals surface area contributed by atoms with E-state index in [9.17, 15) is 9.59 Å². The molecule has 0 spiro atoms. The fraction of sp³-hybridized carbons (Fsp3) is 0.333. The van der Waals surface area contributed by atoms with Crippen LogP contribution >= 0.6 is 23.4 Å². The fourth-order valence-electron chi connectivity index (χ4n) is 1.87. The van der Waals surface area contributed by atoms with E-state index in [0.29, 0.717) is 16.3 Å². The van der Waals surface area contributed by atoms with E-state index >= 15 is 0 Å². The van der Waals surface area contributed by atoms with Gasteiger partial charge in [0.2, 0.25) is 5.91 Å². The molecule has 1 aromatic rings. The van der Waals surface area contributed by atoms with Crippen molar-refractivity contribution in [3.05, 3.63) is 28.8 Å². The number of aliphatic carboxylic acids is 1. The minimum atomic E-state index is -1.04. The van der Waals surface area contributed by atoms with Crippen LogP contribution in [0.1, 0.15) is 25.8 Å². The number of carboxylic acids is 1. The highest BCUT2D eigenvalue weighted by Gasteiger charge is 2.32. The van der Waals surface area contributed by atoms with Gasteiger partial charge in [-0.05, 0) is 32.0 Å². The number of thioether (sulfide) groups is 1. The van der Waals surface area contributed by atoms with Crippen LogP contribution in [0.3, 0.4) is 0 Å². The van der Waals surface area contributed by atoms with Gasteiger partial charge in [0.25, 0.3) is 0 Å². The predicted octanol–water partition coefficient (Wildman–Crippen LogP) is 2.52. The first kappa shape index (κ1) is 18.3. The van der Waals surface area contributed by atoms with Crippen LogP contribution < -0.4 is 10.1 Å². The number of nitrogens with zero attached hydrogens (tertiary/aromatic N) is 2. The molecule has 9 heteroatoms. The maximum absolute atomic E-state index is 11.6. The van der Waals surface area contributed by atoms with Crippen LogP contribution in [0.2, 0.25) is 5.02 Å². The maximum atomic E-state index is 11.6. The van der Waals surface area contributed by atoms with E-state index in [1.54, 1.807) is 18.2 Å². The molecule has 1 aromatic carbocycles. The zero-order chi connectivity index (χ0) is 17.7. The average Bonchev–Trinajstić information content (AvgIpc) is 2.81. The van der Waals surface area contributed by atoms with Gasteiger partial charge in [-0.15, -0.1) is 5.10 Å². The lowest BCUT2D eigenvalue weighted by Crippen LogP contribution is -2.26. The molecule has 1 amide bonds. The van der Waals surface area contributed by atoms with Crippen molar-refractivity contribution in [1.82, 2.24) is 5.32 Å². The summed E-state index contributed by atoms with van der Waals surface area (Å²) >= 11 is 7.01. The minimum Gasteiger partial charge on any atom is -0.490 e. The largest absolute Gasteiger partial charge is 0.490 e. The minimum absolute atomic E-state index is 0.00825. The molecule has 2 N–H and O–H groups in total. The number of halogens is 1. The lowest BCUT2D eigenvalue weighted by molar-refractivity contribution is -0.138. The third-order valence-electron chi connectivity index (χ3n) is 2.82. The second-order valence-corrected chi connectivity index (χ2v) is 6.82. The number of carbonyl (C=O) groups excluding carboxylic acids is 1. The molecule has 0 radical (unpaired) electrons. The molecule has 0 saturated carbocycles. The van der Waals surface area contributed by atoms with E-state index in [1.807, 2.05) is 13.8 Å². The first-order valence-corrected chi connectivity index (χ1v) is 8.37. The Morgan fingerprint density at radius 2 is 2.29 bits per heavy atom. The standard InChI is InChI=1S/C15H16ClN3O4S/c1-8(2)23-11-4-3-10(16)5-9(11)7-17-19-15-18-14(22)12(24-15)6-13(20)21/h3-5,7-8,12H,6H2,1-2H3,(H,20,21)(H,18,19,22). The van der Waals surface area contributed by atoms with Crippen molar-refractivity contribution in [2.24, 2.45) is 10.2 Å². The third-order valence-corrected chi connectivity index (χ3v) is 4.12. The van der Waals surface area contributed by atoms with Crippen LogP contribution in [0.25, 0.3) is 0 Å². The van der Waals surface area contributed by atoms with Gasteiger partial charge < -0.3 is 15.2 Å². The van der Waals surface area contributed by atoms with Gasteiger partial charge >= 0.3 is 5.97 Å². The summed E-state index contributed by atoms with van der Waals surface area (Å²) in [6.45, 7) is 3.81. The molecular weight excluding hydrogens is 354 g/mol. The number of ether oxygens (including phenoxy) is 1. The van der Waals surface area contributed by atoms with Gasteiger partial charge in [0, 0.05) is 10.6 Å². The summed E-state index contributed by atoms with van der Waals surface area (Å²) in [7, 11) is 0. The van der Waals surface area contributed by atoms with Crippen molar-refractivity contribution in [1.29, 1.82) is 0 Å². The number of carbonyl (C=O) groups is 2. The van der Waals surface area contributed by atoms with Crippen LogP contribution in [0.4, 0.5) is 0 Å². The molecule has 1 atom stereocenters. The van der Waals surface area contributed by atoms with Crippen molar-refractivity contribution in [2.75, 3.05) is 0 Å². The summed E-state index contributed by atoms with van der Waals surface area (Å²) in [6, 6.07) is 5.15. The van der Waals surface area contributed by atoms with Crippen molar-refractivity contribution >= 4 is 46.6 Å². The molecule has 1 saturated heterocycles. The fourth-order valence-corrected chi connectivity index (χ4v) is 2.97. The number of nitrogens with one attached hydrogen (secondary N) is 1. The summed E-state index contributed by atoms with van der Waals surface area (Å²) in [5.41, 5.74) is 0.650. The highest BCUT2D eigenvalue weighted by Crippen LogP contribution is 2.24. The Bertz CT molecular complexity index is 706. The van der Waals surface area contributed by atoms with E-state index in [4.69, 9.17) is 21.4 Å². The van der Waals surface area contributed by atoms with Crippen LogP contribution in [0.5, 0.6) is 5.75 Å². The number of carboxylic acid groups (broad SMARTS) is 1. The van der Waals surface area contributed by atoms with Crippen LogP contribution in [-0.4, -0.2) is 39.7 Å². The molecule has 1 aliphatic rings. The maximum Gasteiger partial charge on any atom is 0.305 e. The average molecular weight is 370 g/mol. The molecule has 1 heterocycles. The molecule has 128 valence electrons. The summed E-state index contributed by atoms with van der Waals surface area (Å²) in [6.07, 6.45) is 1.19. The van der Waals surface area contributed by atoms with E-state index < -0.39 is 11.2 Å². The zero-order valence-electron chi connectivity index (χ0n) is 13.0. The number of benzene rings is 1. The van der Waals surface area contributed by atoms with E-state index in [2.05, 4.69) is 15.5 Å². The van der Waals surface area contributed by atoms with Gasteiger partial charge in [0.15, 0.2) is 5.17 Å². The molecule has 2 rings (SSSR count). The van der Waals surface area contributed by atoms with Gasteiger partial charge in [-0.25, -0.2) is 0 Å². The molecule has 0 aromatic heterocycles. The summed E-state index contributed by atoms with van der Waals surface area (Å²) in [5.74, 6) is -0.810. The highest BCUT2D eigenvalue weighted by atomic mass is 35.5. The summed E-state index contributed by atoms with van der Waals surface area (Å²) in [4.78, 5) is 22.3. The number of rotatable bonds is 6. The monoisotopic (exact) mass is 369 g/mol. The molecular formula is C15H16ClN3O4S. The van der Waals surface area contributed by atoms with Crippen molar-refractivity contribution in [2.45, 2.75) is 31.6 Å². The third kappa shape index (κ3) is 5.24. The Labute approximate surface area is 148 Å². The second-order valence-electron chi connectivity index (χ2n) is 5.19. The molecule has 1 unspecified atom stereocenters. The SMILES string of the molecule is CC(C)Oc1ccc(Cl)cc1C=NN=C1NC(=O)C(CC(=O)O)S1. The number of amides is 1. The normalized spacial score (nSPS) is 19.2. The molecule has 0 aliphatic carbocycles. The quantitative estimate of drug-likeness (QED) is 0.592. The predicted molar refractivity (Wildman–Crippen MR) is 94.0 cm³/mol. The number of hydrogen-bond donors (Lipinski definition) is 2. The Hall–Kier alpha value is -2.06. The highest BCUT2D eigenvalue weighted by molar-refractivity contribution is 8.15. The Morgan fingerprint density at radius 1 is 1.54 bits per heavy atom. The summed E-state index contributed by atoms with van der Waals surface area (Å²) in [5, 5.41) is 19.2. The Kier molecular flexibility index (Phi) is 6.22. The van der Waals surface area contributed by atoms with Crippen molar-refractivity contribution < 1.29 is 19.4 Å². The topological polar surface area (TPSA) is 100 Å². The number of hydrogen-bond acceptors (Lipinski definition) is 6. The van der Waals surface area contributed by atoms with E-state index in [1.165, 1.54) is 6.21 Å². The van der Waals surface area contributed by atoms with Gasteiger partial charge in [-0.2, -0.15) is 5.10 Å².